The topological polar surface area (TPSA) is 68.5 Å². The van der Waals surface area contributed by atoms with E-state index in [1.165, 1.54) is 7.11 Å². The van der Waals surface area contributed by atoms with Gasteiger partial charge in [0.05, 0.1) is 18.4 Å². The smallest absolute Gasteiger partial charge is 0.340 e. The zero-order valence-corrected chi connectivity index (χ0v) is 12.5. The number of carbonyl (C=O) groups is 1. The number of hydrogen-bond donors (Lipinski definition) is 1. The molecule has 1 atom stereocenters. The predicted molar refractivity (Wildman–Crippen MR) is 77.3 cm³/mol. The molecular formula is C14H23N3O2. The van der Waals surface area contributed by atoms with Gasteiger partial charge in [-0.15, -0.1) is 0 Å². The van der Waals surface area contributed by atoms with Gasteiger partial charge in [0.2, 0.25) is 0 Å². The van der Waals surface area contributed by atoms with Gasteiger partial charge in [0.15, 0.2) is 5.82 Å². The summed E-state index contributed by atoms with van der Waals surface area (Å²) in [5.41, 5.74) is 6.81. The number of ether oxygens (including phenoxy) is 1. The van der Waals surface area contributed by atoms with Gasteiger partial charge in [0.1, 0.15) is 0 Å². The summed E-state index contributed by atoms with van der Waals surface area (Å²) in [6.45, 7) is 8.55. The average Bonchev–Trinajstić information content (AvgIpc) is 2.35. The molecule has 1 aromatic rings. The summed E-state index contributed by atoms with van der Waals surface area (Å²) in [6, 6.07) is 1.79. The quantitative estimate of drug-likeness (QED) is 0.849. The van der Waals surface area contributed by atoms with Gasteiger partial charge in [0, 0.05) is 19.3 Å². The number of anilines is 2. The lowest BCUT2D eigenvalue weighted by atomic mass is 9.87. The minimum atomic E-state index is -0.446. The van der Waals surface area contributed by atoms with Crippen molar-refractivity contribution in [3.05, 3.63) is 17.8 Å². The van der Waals surface area contributed by atoms with E-state index < -0.39 is 5.97 Å². The maximum atomic E-state index is 11.6. The highest BCUT2D eigenvalue weighted by molar-refractivity contribution is 5.97. The van der Waals surface area contributed by atoms with Crippen molar-refractivity contribution in [2.24, 2.45) is 5.41 Å². The van der Waals surface area contributed by atoms with Gasteiger partial charge in [-0.3, -0.25) is 0 Å². The molecule has 1 aromatic heterocycles. The Morgan fingerprint density at radius 2 is 2.05 bits per heavy atom. The first-order chi connectivity index (χ1) is 8.70. The van der Waals surface area contributed by atoms with E-state index in [9.17, 15) is 4.79 Å². The van der Waals surface area contributed by atoms with E-state index in [2.05, 4.69) is 32.7 Å². The van der Waals surface area contributed by atoms with Crippen molar-refractivity contribution in [2.75, 3.05) is 24.8 Å². The Balaban J connectivity index is 3.18. The van der Waals surface area contributed by atoms with Gasteiger partial charge in [0.25, 0.3) is 0 Å². The molecule has 0 spiro atoms. The van der Waals surface area contributed by atoms with E-state index in [0.717, 1.165) is 0 Å². The standard InChI is InChI=1S/C14H23N3O2/c1-9(14(2,3)4)17(5)12-11(15)10(7-8-16-12)13(18)19-6/h7-9H,15H2,1-6H3. The summed E-state index contributed by atoms with van der Waals surface area (Å²) < 4.78 is 4.71. The molecule has 106 valence electrons. The fraction of sp³-hybridized carbons (Fsp3) is 0.571. The second-order valence-electron chi connectivity index (χ2n) is 5.74. The predicted octanol–water partition coefficient (Wildman–Crippen LogP) is 2.32. The fourth-order valence-corrected chi connectivity index (χ4v) is 1.80. The Bertz CT molecular complexity index is 466. The molecule has 0 bridgehead atoms. The van der Waals surface area contributed by atoms with Crippen molar-refractivity contribution in [2.45, 2.75) is 33.7 Å². The van der Waals surface area contributed by atoms with Gasteiger partial charge >= 0.3 is 5.97 Å². The molecule has 0 saturated heterocycles. The van der Waals surface area contributed by atoms with E-state index in [1.807, 2.05) is 11.9 Å². The molecule has 0 aromatic carbocycles. The molecule has 1 rings (SSSR count). The SMILES string of the molecule is COC(=O)c1ccnc(N(C)C(C)C(C)(C)C)c1N. The van der Waals surface area contributed by atoms with Crippen LogP contribution >= 0.6 is 0 Å². The Morgan fingerprint density at radius 1 is 1.47 bits per heavy atom. The zero-order chi connectivity index (χ0) is 14.8. The third-order valence-corrected chi connectivity index (χ3v) is 3.54. The first kappa shape index (κ1) is 15.3. The van der Waals surface area contributed by atoms with E-state index in [1.54, 1.807) is 12.3 Å². The van der Waals surface area contributed by atoms with Gasteiger partial charge < -0.3 is 15.4 Å². The van der Waals surface area contributed by atoms with Crippen LogP contribution in [0.25, 0.3) is 0 Å². The number of hydrogen-bond acceptors (Lipinski definition) is 5. The first-order valence-electron chi connectivity index (χ1n) is 6.25. The number of nitrogens with two attached hydrogens (primary N) is 1. The second kappa shape index (κ2) is 5.47. The molecule has 5 nitrogen and oxygen atoms in total. The van der Waals surface area contributed by atoms with Gasteiger partial charge in [-0.05, 0) is 18.4 Å². The van der Waals surface area contributed by atoms with E-state index in [4.69, 9.17) is 10.5 Å². The van der Waals surface area contributed by atoms with Crippen LogP contribution in [-0.2, 0) is 4.74 Å². The Kier molecular flexibility index (Phi) is 4.39. The number of esters is 1. The normalized spacial score (nSPS) is 12.9. The highest BCUT2D eigenvalue weighted by Gasteiger charge is 2.27. The molecule has 0 aliphatic rings. The number of methoxy groups -OCH3 is 1. The molecule has 19 heavy (non-hydrogen) atoms. The maximum absolute atomic E-state index is 11.6. The largest absolute Gasteiger partial charge is 0.465 e. The van der Waals surface area contributed by atoms with Crippen LogP contribution in [0.4, 0.5) is 11.5 Å². The summed E-state index contributed by atoms with van der Waals surface area (Å²) in [5, 5.41) is 0. The molecule has 0 aliphatic heterocycles. The molecule has 0 radical (unpaired) electrons. The molecule has 1 unspecified atom stereocenters. The summed E-state index contributed by atoms with van der Waals surface area (Å²) in [4.78, 5) is 17.9. The molecule has 0 amide bonds. The van der Waals surface area contributed by atoms with Crippen LogP contribution in [0.1, 0.15) is 38.1 Å². The summed E-state index contributed by atoms with van der Waals surface area (Å²) in [7, 11) is 3.26. The average molecular weight is 265 g/mol. The van der Waals surface area contributed by atoms with Gasteiger partial charge in [-0.2, -0.15) is 0 Å². The fourth-order valence-electron chi connectivity index (χ4n) is 1.80. The number of carbonyl (C=O) groups excluding carboxylic acids is 1. The van der Waals surface area contributed by atoms with Crippen LogP contribution in [-0.4, -0.2) is 31.2 Å². The Hall–Kier alpha value is -1.78. The number of nitrogen functional groups attached to an aromatic ring is 1. The number of rotatable bonds is 3. The molecule has 5 heteroatoms. The highest BCUT2D eigenvalue weighted by Crippen LogP contribution is 2.30. The summed E-state index contributed by atoms with van der Waals surface area (Å²) >= 11 is 0. The van der Waals surface area contributed by atoms with Crippen molar-refractivity contribution >= 4 is 17.5 Å². The van der Waals surface area contributed by atoms with Crippen LogP contribution in [0.3, 0.4) is 0 Å². The van der Waals surface area contributed by atoms with Crippen LogP contribution in [0.2, 0.25) is 0 Å². The van der Waals surface area contributed by atoms with Crippen molar-refractivity contribution in [1.29, 1.82) is 0 Å². The van der Waals surface area contributed by atoms with Crippen molar-refractivity contribution in [3.63, 3.8) is 0 Å². The van der Waals surface area contributed by atoms with Crippen LogP contribution in [0, 0.1) is 5.41 Å². The molecule has 1 heterocycles. The molecule has 0 fully saturated rings. The van der Waals surface area contributed by atoms with Crippen LogP contribution in [0.5, 0.6) is 0 Å². The lowest BCUT2D eigenvalue weighted by molar-refractivity contribution is 0.0602. The van der Waals surface area contributed by atoms with Crippen LogP contribution in [0.15, 0.2) is 12.3 Å². The minimum absolute atomic E-state index is 0.0736. The number of pyridine rings is 1. The third-order valence-electron chi connectivity index (χ3n) is 3.54. The summed E-state index contributed by atoms with van der Waals surface area (Å²) in [6.07, 6.45) is 1.57. The lowest BCUT2D eigenvalue weighted by Crippen LogP contribution is -2.40. The van der Waals surface area contributed by atoms with Crippen molar-refractivity contribution < 1.29 is 9.53 Å². The monoisotopic (exact) mass is 265 g/mol. The number of nitrogens with zero attached hydrogens (tertiary/aromatic N) is 2. The molecule has 0 aliphatic carbocycles. The van der Waals surface area contributed by atoms with Crippen LogP contribution < -0.4 is 10.6 Å². The molecule has 2 N–H and O–H groups in total. The van der Waals surface area contributed by atoms with E-state index in [-0.39, 0.29) is 11.5 Å². The minimum Gasteiger partial charge on any atom is -0.465 e. The van der Waals surface area contributed by atoms with Gasteiger partial charge in [-0.1, -0.05) is 20.8 Å². The first-order valence-corrected chi connectivity index (χ1v) is 6.25. The molecular weight excluding hydrogens is 242 g/mol. The summed E-state index contributed by atoms with van der Waals surface area (Å²) in [5.74, 6) is 0.156. The lowest BCUT2D eigenvalue weighted by Gasteiger charge is -2.36. The highest BCUT2D eigenvalue weighted by atomic mass is 16.5. The Labute approximate surface area is 114 Å². The molecule has 0 saturated carbocycles. The number of aromatic nitrogens is 1. The van der Waals surface area contributed by atoms with E-state index >= 15 is 0 Å². The second-order valence-corrected chi connectivity index (χ2v) is 5.74. The maximum Gasteiger partial charge on any atom is 0.340 e. The zero-order valence-electron chi connectivity index (χ0n) is 12.5. The van der Waals surface area contributed by atoms with E-state index in [0.29, 0.717) is 17.1 Å². The Morgan fingerprint density at radius 3 is 2.53 bits per heavy atom. The van der Waals surface area contributed by atoms with Crippen molar-refractivity contribution in [1.82, 2.24) is 4.98 Å². The van der Waals surface area contributed by atoms with Crippen molar-refractivity contribution in [3.8, 4) is 0 Å². The van der Waals surface area contributed by atoms with Gasteiger partial charge in [-0.25, -0.2) is 9.78 Å². The third kappa shape index (κ3) is 3.16.